The van der Waals surface area contributed by atoms with Gasteiger partial charge in [-0.1, -0.05) is 35.5 Å². The van der Waals surface area contributed by atoms with Gasteiger partial charge in [0.15, 0.2) is 6.10 Å². The summed E-state index contributed by atoms with van der Waals surface area (Å²) in [5, 5.41) is 4.04. The number of nitrogens with zero attached hydrogens (tertiary/aromatic N) is 1. The second kappa shape index (κ2) is 10.8. The second-order valence-corrected chi connectivity index (χ2v) is 6.52. The number of halogens is 3. The van der Waals surface area contributed by atoms with Crippen molar-refractivity contribution in [2.75, 3.05) is 13.7 Å². The maximum Gasteiger partial charge on any atom is 0.416 e. The Morgan fingerprint density at radius 1 is 1.10 bits per heavy atom. The van der Waals surface area contributed by atoms with E-state index in [0.29, 0.717) is 24.3 Å². The molecule has 0 radical (unpaired) electrons. The SMILES string of the molecule is CCO[C@@H](Cc1cccc(/C(C)=N/OCc2ccc(C(F)(F)F)cc2)c1)C(=O)OC. The number of carbonyl (C=O) groups is 1. The van der Waals surface area contributed by atoms with E-state index in [4.69, 9.17) is 14.3 Å². The van der Waals surface area contributed by atoms with E-state index in [1.807, 2.05) is 24.3 Å². The first-order valence-corrected chi connectivity index (χ1v) is 9.36. The Bertz CT molecular complexity index is 863. The number of esters is 1. The van der Waals surface area contributed by atoms with Crippen LogP contribution in [0.25, 0.3) is 0 Å². The standard InChI is InChI=1S/C22H24F3NO4/c1-4-29-20(21(27)28-3)13-17-6-5-7-18(12-17)15(2)26-30-14-16-8-10-19(11-9-16)22(23,24)25/h5-12,20H,4,13-14H2,1-3H3/b26-15+/t20-/m0/s1. The van der Waals surface area contributed by atoms with E-state index in [2.05, 4.69) is 5.16 Å². The molecule has 0 aromatic heterocycles. The third kappa shape index (κ3) is 6.88. The molecule has 0 aliphatic heterocycles. The molecule has 0 fully saturated rings. The molecule has 0 spiro atoms. The smallest absolute Gasteiger partial charge is 0.416 e. The van der Waals surface area contributed by atoms with Crippen molar-refractivity contribution in [2.24, 2.45) is 5.16 Å². The van der Waals surface area contributed by atoms with E-state index in [-0.39, 0.29) is 6.61 Å². The summed E-state index contributed by atoms with van der Waals surface area (Å²) in [6, 6.07) is 12.1. The normalized spacial score (nSPS) is 13.1. The molecule has 8 heteroatoms. The first-order valence-electron chi connectivity index (χ1n) is 9.36. The van der Waals surface area contributed by atoms with Gasteiger partial charge >= 0.3 is 12.1 Å². The molecule has 0 N–H and O–H groups in total. The van der Waals surface area contributed by atoms with Crippen molar-refractivity contribution in [3.05, 3.63) is 70.8 Å². The Hall–Kier alpha value is -2.87. The molecule has 0 aliphatic rings. The maximum absolute atomic E-state index is 12.6. The van der Waals surface area contributed by atoms with Crippen molar-refractivity contribution in [1.82, 2.24) is 0 Å². The van der Waals surface area contributed by atoms with Crippen molar-refractivity contribution >= 4 is 11.7 Å². The number of oxime groups is 1. The van der Waals surface area contributed by atoms with E-state index in [1.165, 1.54) is 19.2 Å². The van der Waals surface area contributed by atoms with Gasteiger partial charge in [-0.15, -0.1) is 0 Å². The van der Waals surface area contributed by atoms with Gasteiger partial charge in [-0.3, -0.25) is 0 Å². The van der Waals surface area contributed by atoms with Gasteiger partial charge in [0.1, 0.15) is 6.61 Å². The molecule has 0 aliphatic carbocycles. The van der Waals surface area contributed by atoms with Crippen LogP contribution in [0.2, 0.25) is 0 Å². The van der Waals surface area contributed by atoms with E-state index < -0.39 is 23.8 Å². The topological polar surface area (TPSA) is 57.1 Å². The van der Waals surface area contributed by atoms with Gasteiger partial charge in [-0.2, -0.15) is 13.2 Å². The van der Waals surface area contributed by atoms with Crippen LogP contribution in [0, 0.1) is 0 Å². The zero-order valence-electron chi connectivity index (χ0n) is 17.0. The van der Waals surface area contributed by atoms with Gasteiger partial charge in [0, 0.05) is 13.0 Å². The third-order valence-electron chi connectivity index (χ3n) is 4.31. The highest BCUT2D eigenvalue weighted by Gasteiger charge is 2.29. The second-order valence-electron chi connectivity index (χ2n) is 6.52. The number of alkyl halides is 3. The summed E-state index contributed by atoms with van der Waals surface area (Å²) in [6.07, 6.45) is -4.70. The minimum Gasteiger partial charge on any atom is -0.467 e. The highest BCUT2D eigenvalue weighted by Crippen LogP contribution is 2.29. The van der Waals surface area contributed by atoms with Gasteiger partial charge in [-0.25, -0.2) is 4.79 Å². The van der Waals surface area contributed by atoms with Crippen molar-refractivity contribution in [3.63, 3.8) is 0 Å². The summed E-state index contributed by atoms with van der Waals surface area (Å²) in [6.45, 7) is 3.99. The van der Waals surface area contributed by atoms with Crippen LogP contribution in [0.5, 0.6) is 0 Å². The van der Waals surface area contributed by atoms with Crippen LogP contribution in [0.3, 0.4) is 0 Å². The molecule has 162 valence electrons. The van der Waals surface area contributed by atoms with Crippen molar-refractivity contribution < 1.29 is 32.3 Å². The van der Waals surface area contributed by atoms with Crippen molar-refractivity contribution in [1.29, 1.82) is 0 Å². The van der Waals surface area contributed by atoms with Crippen molar-refractivity contribution in [2.45, 2.75) is 39.2 Å². The quantitative estimate of drug-likeness (QED) is 0.331. The lowest BCUT2D eigenvalue weighted by Crippen LogP contribution is -2.28. The minimum atomic E-state index is -4.37. The summed E-state index contributed by atoms with van der Waals surface area (Å²) in [5.74, 6) is -0.437. The molecule has 30 heavy (non-hydrogen) atoms. The zero-order chi connectivity index (χ0) is 22.1. The Kier molecular flexibility index (Phi) is 8.41. The highest BCUT2D eigenvalue weighted by molar-refractivity contribution is 5.98. The molecule has 2 aromatic carbocycles. The van der Waals surface area contributed by atoms with E-state index >= 15 is 0 Å². The lowest BCUT2D eigenvalue weighted by molar-refractivity contribution is -0.153. The molecule has 1 atom stereocenters. The van der Waals surface area contributed by atoms with Crippen LogP contribution in [0.15, 0.2) is 53.7 Å². The molecule has 0 amide bonds. The summed E-state index contributed by atoms with van der Waals surface area (Å²) >= 11 is 0. The molecule has 0 unspecified atom stereocenters. The van der Waals surface area contributed by atoms with Crippen LogP contribution in [-0.2, 0) is 38.3 Å². The summed E-state index contributed by atoms with van der Waals surface area (Å²) in [7, 11) is 1.32. The number of hydrogen-bond acceptors (Lipinski definition) is 5. The first-order chi connectivity index (χ1) is 14.2. The fourth-order valence-electron chi connectivity index (χ4n) is 2.73. The fraction of sp³-hybridized carbons (Fsp3) is 0.364. The molecular formula is C22H24F3NO4. The van der Waals surface area contributed by atoms with Crippen LogP contribution >= 0.6 is 0 Å². The summed E-state index contributed by atoms with van der Waals surface area (Å²) in [5.41, 5.74) is 2.12. The molecule has 0 bridgehead atoms. The molecule has 0 saturated carbocycles. The molecule has 2 rings (SSSR count). The molecule has 2 aromatic rings. The van der Waals surface area contributed by atoms with Crippen LogP contribution < -0.4 is 0 Å². The average molecular weight is 423 g/mol. The lowest BCUT2D eigenvalue weighted by Gasteiger charge is -2.15. The van der Waals surface area contributed by atoms with Crippen LogP contribution in [-0.4, -0.2) is 31.5 Å². The zero-order valence-corrected chi connectivity index (χ0v) is 17.0. The van der Waals surface area contributed by atoms with Gasteiger partial charge in [0.05, 0.1) is 18.4 Å². The molecule has 0 heterocycles. The van der Waals surface area contributed by atoms with Gasteiger partial charge in [-0.05, 0) is 48.7 Å². The molecule has 5 nitrogen and oxygen atoms in total. The number of ether oxygens (including phenoxy) is 2. The minimum absolute atomic E-state index is 0.0456. The van der Waals surface area contributed by atoms with E-state index in [1.54, 1.807) is 13.8 Å². The number of hydrogen-bond donors (Lipinski definition) is 0. The predicted molar refractivity (Wildman–Crippen MR) is 106 cm³/mol. The van der Waals surface area contributed by atoms with Crippen LogP contribution in [0.4, 0.5) is 13.2 Å². The monoisotopic (exact) mass is 423 g/mol. The Balaban J connectivity index is 2.01. The summed E-state index contributed by atoms with van der Waals surface area (Å²) in [4.78, 5) is 17.1. The van der Waals surface area contributed by atoms with Crippen molar-refractivity contribution in [3.8, 4) is 0 Å². The lowest BCUT2D eigenvalue weighted by atomic mass is 10.0. The van der Waals surface area contributed by atoms with Gasteiger partial charge in [0.25, 0.3) is 0 Å². The number of rotatable bonds is 9. The first kappa shape index (κ1) is 23.4. The largest absolute Gasteiger partial charge is 0.467 e. The van der Waals surface area contributed by atoms with Crippen LogP contribution in [0.1, 0.15) is 36.1 Å². The van der Waals surface area contributed by atoms with E-state index in [0.717, 1.165) is 23.3 Å². The number of carbonyl (C=O) groups excluding carboxylic acids is 1. The third-order valence-corrected chi connectivity index (χ3v) is 4.31. The Morgan fingerprint density at radius 2 is 1.80 bits per heavy atom. The highest BCUT2D eigenvalue weighted by atomic mass is 19.4. The van der Waals surface area contributed by atoms with Gasteiger partial charge < -0.3 is 14.3 Å². The van der Waals surface area contributed by atoms with E-state index in [9.17, 15) is 18.0 Å². The number of benzene rings is 2. The molecular weight excluding hydrogens is 399 g/mol. The predicted octanol–water partition coefficient (Wildman–Crippen LogP) is 4.77. The number of methoxy groups -OCH3 is 1. The molecule has 0 saturated heterocycles. The average Bonchev–Trinajstić information content (AvgIpc) is 2.72. The Labute approximate surface area is 173 Å². The fourth-order valence-corrected chi connectivity index (χ4v) is 2.73. The summed E-state index contributed by atoms with van der Waals surface area (Å²) < 4.78 is 48.0. The Morgan fingerprint density at radius 3 is 2.40 bits per heavy atom. The van der Waals surface area contributed by atoms with Gasteiger partial charge in [0.2, 0.25) is 0 Å². The maximum atomic E-state index is 12.6.